The number of ether oxygens (including phenoxy) is 1. The highest BCUT2D eigenvalue weighted by molar-refractivity contribution is 7.87. The van der Waals surface area contributed by atoms with Crippen LogP contribution in [0.5, 0.6) is 11.5 Å². The second-order valence-corrected chi connectivity index (χ2v) is 6.61. The van der Waals surface area contributed by atoms with E-state index in [2.05, 4.69) is 0 Å². The van der Waals surface area contributed by atoms with Crippen molar-refractivity contribution in [2.45, 2.75) is 4.90 Å². The third kappa shape index (κ3) is 3.69. The van der Waals surface area contributed by atoms with E-state index in [1.807, 2.05) is 0 Å². The van der Waals surface area contributed by atoms with E-state index in [-0.39, 0.29) is 27.1 Å². The Morgan fingerprint density at radius 3 is 2.26 bits per heavy atom. The van der Waals surface area contributed by atoms with Crippen LogP contribution in [0.3, 0.4) is 0 Å². The highest BCUT2D eigenvalue weighted by Gasteiger charge is 2.26. The maximum Gasteiger partial charge on any atom is 0.342 e. The van der Waals surface area contributed by atoms with Crippen LogP contribution in [0.25, 0.3) is 0 Å². The van der Waals surface area contributed by atoms with Crippen LogP contribution in [0, 0.1) is 0 Å². The first kappa shape index (κ1) is 17.4. The fraction of sp³-hybridized carbons (Fsp3) is 0.0714. The maximum atomic E-state index is 12.4. The van der Waals surface area contributed by atoms with Crippen LogP contribution >= 0.6 is 23.2 Å². The SMILES string of the molecule is COc1ccc(C(N)=O)c(OS(=O)(=O)c2c(Cl)cccc2Cl)c1. The Hall–Kier alpha value is -1.96. The van der Waals surface area contributed by atoms with Gasteiger partial charge in [0.15, 0.2) is 5.75 Å². The summed E-state index contributed by atoms with van der Waals surface area (Å²) in [6.07, 6.45) is 0. The highest BCUT2D eigenvalue weighted by atomic mass is 35.5. The molecule has 9 heteroatoms. The van der Waals surface area contributed by atoms with E-state index in [0.29, 0.717) is 0 Å². The molecule has 0 aliphatic carbocycles. The number of carbonyl (C=O) groups is 1. The summed E-state index contributed by atoms with van der Waals surface area (Å²) in [5, 5.41) is -0.220. The quantitative estimate of drug-likeness (QED) is 0.810. The number of hydrogen-bond acceptors (Lipinski definition) is 5. The Morgan fingerprint density at radius 2 is 1.74 bits per heavy atom. The van der Waals surface area contributed by atoms with Gasteiger partial charge in [-0.15, -0.1) is 0 Å². The summed E-state index contributed by atoms with van der Waals surface area (Å²) < 4.78 is 34.9. The average Bonchev–Trinajstić information content (AvgIpc) is 2.45. The van der Waals surface area contributed by atoms with E-state index in [9.17, 15) is 13.2 Å². The van der Waals surface area contributed by atoms with Gasteiger partial charge in [0.05, 0.1) is 22.7 Å². The molecule has 2 aromatic rings. The van der Waals surface area contributed by atoms with E-state index in [4.69, 9.17) is 37.9 Å². The van der Waals surface area contributed by atoms with Crippen LogP contribution in [-0.4, -0.2) is 21.4 Å². The molecule has 0 radical (unpaired) electrons. The molecule has 6 nitrogen and oxygen atoms in total. The number of primary amides is 1. The van der Waals surface area contributed by atoms with Crippen LogP contribution < -0.4 is 14.7 Å². The summed E-state index contributed by atoms with van der Waals surface area (Å²) >= 11 is 11.8. The number of halogens is 2. The van der Waals surface area contributed by atoms with Crippen molar-refractivity contribution >= 4 is 39.2 Å². The zero-order valence-electron chi connectivity index (χ0n) is 11.7. The number of nitrogens with two attached hydrogens (primary N) is 1. The summed E-state index contributed by atoms with van der Waals surface area (Å²) in [4.78, 5) is 11.0. The van der Waals surface area contributed by atoms with Crippen molar-refractivity contribution in [3.8, 4) is 11.5 Å². The number of benzene rings is 2. The zero-order valence-corrected chi connectivity index (χ0v) is 14.1. The Bertz CT molecular complexity index is 847. The molecule has 2 rings (SSSR count). The second-order valence-electron chi connectivity index (χ2n) is 4.31. The van der Waals surface area contributed by atoms with E-state index < -0.39 is 20.9 Å². The van der Waals surface area contributed by atoms with Gasteiger partial charge in [0.25, 0.3) is 5.91 Å². The Balaban J connectivity index is 2.55. The summed E-state index contributed by atoms with van der Waals surface area (Å²) in [7, 11) is -3.01. The van der Waals surface area contributed by atoms with Gasteiger partial charge in [0.1, 0.15) is 10.6 Å². The highest BCUT2D eigenvalue weighted by Crippen LogP contribution is 2.33. The molecule has 0 atom stereocenters. The predicted molar refractivity (Wildman–Crippen MR) is 85.8 cm³/mol. The van der Waals surface area contributed by atoms with Crippen molar-refractivity contribution in [3.05, 3.63) is 52.0 Å². The number of amides is 1. The molecule has 0 unspecified atom stereocenters. The van der Waals surface area contributed by atoms with Gasteiger partial charge in [0, 0.05) is 6.07 Å². The molecular weight excluding hydrogens is 365 g/mol. The van der Waals surface area contributed by atoms with Gasteiger partial charge in [-0.05, 0) is 24.3 Å². The standard InChI is InChI=1S/C14H11Cl2NO5S/c1-21-8-5-6-9(14(17)18)12(7-8)22-23(19,20)13-10(15)3-2-4-11(13)16/h2-7H,1H3,(H2,17,18). The smallest absolute Gasteiger partial charge is 0.342 e. The predicted octanol–water partition coefficient (Wildman–Crippen LogP) is 2.87. The summed E-state index contributed by atoms with van der Waals surface area (Å²) in [6, 6.07) is 8.16. The van der Waals surface area contributed by atoms with Gasteiger partial charge in [-0.1, -0.05) is 29.3 Å². The van der Waals surface area contributed by atoms with Gasteiger partial charge in [0.2, 0.25) is 0 Å². The minimum atomic E-state index is -4.38. The zero-order chi connectivity index (χ0) is 17.2. The summed E-state index contributed by atoms with van der Waals surface area (Å²) in [5.74, 6) is -0.860. The lowest BCUT2D eigenvalue weighted by Gasteiger charge is -2.13. The number of rotatable bonds is 5. The molecule has 1 amide bonds. The van der Waals surface area contributed by atoms with E-state index >= 15 is 0 Å². The van der Waals surface area contributed by atoms with Gasteiger partial charge >= 0.3 is 10.1 Å². The number of methoxy groups -OCH3 is 1. The first-order valence-electron chi connectivity index (χ1n) is 6.12. The lowest BCUT2D eigenvalue weighted by molar-refractivity contribution is 0.0999. The second kappa shape index (κ2) is 6.66. The molecule has 0 saturated heterocycles. The molecule has 0 spiro atoms. The van der Waals surface area contributed by atoms with Crippen molar-refractivity contribution < 1.29 is 22.1 Å². The van der Waals surface area contributed by atoms with Gasteiger partial charge in [-0.25, -0.2) is 0 Å². The molecular formula is C14H11Cl2NO5S. The molecule has 0 aromatic heterocycles. The Labute approximate surface area is 142 Å². The lowest BCUT2D eigenvalue weighted by Crippen LogP contribution is -2.17. The maximum absolute atomic E-state index is 12.4. The molecule has 0 aliphatic rings. The van der Waals surface area contributed by atoms with E-state index in [1.165, 1.54) is 43.5 Å². The van der Waals surface area contributed by atoms with Crippen molar-refractivity contribution in [2.75, 3.05) is 7.11 Å². The number of hydrogen-bond donors (Lipinski definition) is 1. The van der Waals surface area contributed by atoms with Gasteiger partial charge < -0.3 is 14.7 Å². The van der Waals surface area contributed by atoms with Crippen LogP contribution in [0.4, 0.5) is 0 Å². The van der Waals surface area contributed by atoms with Crippen LogP contribution in [-0.2, 0) is 10.1 Å². The molecule has 0 aliphatic heterocycles. The molecule has 0 heterocycles. The number of carbonyl (C=O) groups excluding carboxylic acids is 1. The third-order valence-electron chi connectivity index (χ3n) is 2.82. The van der Waals surface area contributed by atoms with Crippen molar-refractivity contribution in [3.63, 3.8) is 0 Å². The van der Waals surface area contributed by atoms with Crippen LogP contribution in [0.1, 0.15) is 10.4 Å². The van der Waals surface area contributed by atoms with Crippen molar-refractivity contribution in [1.29, 1.82) is 0 Å². The Kier molecular flexibility index (Phi) is 5.03. The fourth-order valence-corrected chi connectivity index (χ4v) is 3.82. The fourth-order valence-electron chi connectivity index (χ4n) is 1.78. The summed E-state index contributed by atoms with van der Waals surface area (Å²) in [6.45, 7) is 0. The van der Waals surface area contributed by atoms with Crippen LogP contribution in [0.15, 0.2) is 41.3 Å². The van der Waals surface area contributed by atoms with E-state index in [1.54, 1.807) is 0 Å². The molecule has 0 fully saturated rings. The first-order chi connectivity index (χ1) is 10.8. The molecule has 2 N–H and O–H groups in total. The topological polar surface area (TPSA) is 95.7 Å². The van der Waals surface area contributed by atoms with Crippen molar-refractivity contribution in [2.24, 2.45) is 5.73 Å². The molecule has 2 aromatic carbocycles. The minimum Gasteiger partial charge on any atom is -0.497 e. The van der Waals surface area contributed by atoms with Gasteiger partial charge in [-0.2, -0.15) is 8.42 Å². The van der Waals surface area contributed by atoms with E-state index in [0.717, 1.165) is 0 Å². The summed E-state index contributed by atoms with van der Waals surface area (Å²) in [5.41, 5.74) is 5.09. The average molecular weight is 376 g/mol. The van der Waals surface area contributed by atoms with Gasteiger partial charge in [-0.3, -0.25) is 4.79 Å². The van der Waals surface area contributed by atoms with Crippen LogP contribution in [0.2, 0.25) is 10.0 Å². The molecule has 23 heavy (non-hydrogen) atoms. The lowest BCUT2D eigenvalue weighted by atomic mass is 10.2. The Morgan fingerprint density at radius 1 is 1.13 bits per heavy atom. The van der Waals surface area contributed by atoms with Crippen molar-refractivity contribution in [1.82, 2.24) is 0 Å². The largest absolute Gasteiger partial charge is 0.497 e. The monoisotopic (exact) mass is 375 g/mol. The minimum absolute atomic E-state index is 0.110. The molecule has 0 bridgehead atoms. The third-order valence-corrected chi connectivity index (χ3v) is 5.02. The first-order valence-corrected chi connectivity index (χ1v) is 8.29. The molecule has 122 valence electrons. The normalized spacial score (nSPS) is 11.1. The molecule has 0 saturated carbocycles.